The minimum atomic E-state index is 0.0318. The molecule has 1 aliphatic rings. The summed E-state index contributed by atoms with van der Waals surface area (Å²) >= 11 is 0. The molecular formula is C13H21N3. The van der Waals surface area contributed by atoms with Crippen LogP contribution in [-0.4, -0.2) is 35.6 Å². The molecule has 0 radical (unpaired) electrons. The lowest BCUT2D eigenvalue weighted by atomic mass is 9.84. The maximum Gasteiger partial charge on any atom is 0.0404 e. The van der Waals surface area contributed by atoms with Gasteiger partial charge in [-0.3, -0.25) is 4.98 Å². The molecule has 1 aliphatic heterocycles. The van der Waals surface area contributed by atoms with E-state index in [0.29, 0.717) is 0 Å². The van der Waals surface area contributed by atoms with E-state index in [9.17, 15) is 0 Å². The van der Waals surface area contributed by atoms with Gasteiger partial charge in [0.15, 0.2) is 0 Å². The molecule has 0 saturated carbocycles. The number of likely N-dealkylation sites (tertiary alicyclic amines) is 1. The summed E-state index contributed by atoms with van der Waals surface area (Å²) in [4.78, 5) is 6.70. The van der Waals surface area contributed by atoms with Crippen molar-refractivity contribution in [1.82, 2.24) is 9.88 Å². The zero-order valence-electron chi connectivity index (χ0n) is 10.0. The molecule has 2 N–H and O–H groups in total. The summed E-state index contributed by atoms with van der Waals surface area (Å²) in [7, 11) is 2.17. The van der Waals surface area contributed by atoms with E-state index in [1.165, 1.54) is 0 Å². The Bertz CT molecular complexity index is 315. The Labute approximate surface area is 97.7 Å². The Morgan fingerprint density at radius 1 is 1.38 bits per heavy atom. The van der Waals surface area contributed by atoms with Crippen LogP contribution in [0.1, 0.15) is 25.0 Å². The van der Waals surface area contributed by atoms with Crippen LogP contribution in [0, 0.1) is 0 Å². The highest BCUT2D eigenvalue weighted by Crippen LogP contribution is 2.23. The van der Waals surface area contributed by atoms with E-state index in [-0.39, 0.29) is 5.54 Å². The van der Waals surface area contributed by atoms with Crippen LogP contribution < -0.4 is 5.73 Å². The third-order valence-corrected chi connectivity index (χ3v) is 3.59. The maximum absolute atomic E-state index is 6.41. The van der Waals surface area contributed by atoms with Gasteiger partial charge in [0.2, 0.25) is 0 Å². The Morgan fingerprint density at radius 3 is 2.75 bits per heavy atom. The molecule has 0 spiro atoms. The first kappa shape index (κ1) is 11.6. The molecule has 0 bridgehead atoms. The van der Waals surface area contributed by atoms with E-state index < -0.39 is 0 Å². The number of aromatic nitrogens is 1. The average Bonchev–Trinajstić information content (AvgIpc) is 2.33. The fourth-order valence-electron chi connectivity index (χ4n) is 2.24. The van der Waals surface area contributed by atoms with E-state index >= 15 is 0 Å². The van der Waals surface area contributed by atoms with Crippen LogP contribution in [0.5, 0.6) is 0 Å². The Kier molecular flexibility index (Phi) is 3.56. The number of hydrogen-bond donors (Lipinski definition) is 1. The van der Waals surface area contributed by atoms with Gasteiger partial charge in [0, 0.05) is 17.4 Å². The van der Waals surface area contributed by atoms with Crippen molar-refractivity contribution in [2.75, 3.05) is 20.1 Å². The van der Waals surface area contributed by atoms with Crippen molar-refractivity contribution in [3.63, 3.8) is 0 Å². The lowest BCUT2D eigenvalue weighted by Crippen LogP contribution is -2.49. The van der Waals surface area contributed by atoms with E-state index in [0.717, 1.165) is 44.5 Å². The van der Waals surface area contributed by atoms with Gasteiger partial charge in [0.05, 0.1) is 0 Å². The van der Waals surface area contributed by atoms with Crippen molar-refractivity contribution in [2.24, 2.45) is 5.73 Å². The molecule has 88 valence electrons. The summed E-state index contributed by atoms with van der Waals surface area (Å²) in [5.41, 5.74) is 7.61. The van der Waals surface area contributed by atoms with Crippen molar-refractivity contribution < 1.29 is 0 Å². The summed E-state index contributed by atoms with van der Waals surface area (Å²) in [6.45, 7) is 2.25. The molecule has 0 aliphatic carbocycles. The number of nitrogens with zero attached hydrogens (tertiary/aromatic N) is 2. The molecule has 0 atom stereocenters. The second kappa shape index (κ2) is 4.93. The highest BCUT2D eigenvalue weighted by Gasteiger charge is 2.28. The highest BCUT2D eigenvalue weighted by atomic mass is 15.1. The monoisotopic (exact) mass is 219 g/mol. The maximum atomic E-state index is 6.41. The second-order valence-corrected chi connectivity index (χ2v) is 4.99. The van der Waals surface area contributed by atoms with Gasteiger partial charge in [-0.05, 0) is 58.0 Å². The van der Waals surface area contributed by atoms with Gasteiger partial charge in [-0.2, -0.15) is 0 Å². The van der Waals surface area contributed by atoms with E-state index in [2.05, 4.69) is 23.0 Å². The van der Waals surface area contributed by atoms with Gasteiger partial charge in [-0.25, -0.2) is 0 Å². The Balaban J connectivity index is 1.85. The number of piperidine rings is 1. The predicted octanol–water partition coefficient (Wildman–Crippen LogP) is 1.44. The number of rotatable bonds is 3. The number of hydrogen-bond acceptors (Lipinski definition) is 3. The summed E-state index contributed by atoms with van der Waals surface area (Å²) in [6, 6.07) is 6.08. The predicted molar refractivity (Wildman–Crippen MR) is 66.2 cm³/mol. The fourth-order valence-corrected chi connectivity index (χ4v) is 2.24. The zero-order valence-corrected chi connectivity index (χ0v) is 10.0. The van der Waals surface area contributed by atoms with Crippen molar-refractivity contribution in [2.45, 2.75) is 31.2 Å². The third-order valence-electron chi connectivity index (χ3n) is 3.59. The van der Waals surface area contributed by atoms with Crippen LogP contribution in [0.2, 0.25) is 0 Å². The van der Waals surface area contributed by atoms with Crippen LogP contribution in [0.15, 0.2) is 24.4 Å². The number of aryl methyl sites for hydroxylation is 1. The molecule has 0 aromatic carbocycles. The molecular weight excluding hydrogens is 198 g/mol. The van der Waals surface area contributed by atoms with Crippen molar-refractivity contribution >= 4 is 0 Å². The highest BCUT2D eigenvalue weighted by molar-refractivity contribution is 5.05. The van der Waals surface area contributed by atoms with Gasteiger partial charge in [0.1, 0.15) is 0 Å². The summed E-state index contributed by atoms with van der Waals surface area (Å²) in [6.07, 6.45) is 6.12. The molecule has 1 fully saturated rings. The van der Waals surface area contributed by atoms with Crippen LogP contribution in [-0.2, 0) is 6.42 Å². The largest absolute Gasteiger partial charge is 0.325 e. The lowest BCUT2D eigenvalue weighted by molar-refractivity contribution is 0.182. The average molecular weight is 219 g/mol. The standard InChI is InChI=1S/C13H21N3/c1-16-10-7-13(14,8-11-16)6-5-12-4-2-3-9-15-12/h2-4,9H,5-8,10-11,14H2,1H3. The zero-order chi connectivity index (χ0) is 11.4. The van der Waals surface area contributed by atoms with Crippen molar-refractivity contribution in [3.05, 3.63) is 30.1 Å². The smallest absolute Gasteiger partial charge is 0.0404 e. The molecule has 1 aromatic rings. The molecule has 16 heavy (non-hydrogen) atoms. The second-order valence-electron chi connectivity index (χ2n) is 4.99. The summed E-state index contributed by atoms with van der Waals surface area (Å²) in [5.74, 6) is 0. The normalized spacial score (nSPS) is 20.9. The van der Waals surface area contributed by atoms with Crippen molar-refractivity contribution in [3.8, 4) is 0 Å². The molecule has 3 nitrogen and oxygen atoms in total. The van der Waals surface area contributed by atoms with Crippen LogP contribution in [0.25, 0.3) is 0 Å². The van der Waals surface area contributed by atoms with E-state index in [4.69, 9.17) is 5.73 Å². The van der Waals surface area contributed by atoms with Gasteiger partial charge >= 0.3 is 0 Å². The summed E-state index contributed by atoms with van der Waals surface area (Å²) in [5, 5.41) is 0. The van der Waals surface area contributed by atoms with Crippen LogP contribution in [0.3, 0.4) is 0 Å². The topological polar surface area (TPSA) is 42.1 Å². The van der Waals surface area contributed by atoms with Gasteiger partial charge < -0.3 is 10.6 Å². The number of nitrogens with two attached hydrogens (primary N) is 1. The first-order valence-corrected chi connectivity index (χ1v) is 6.05. The fraction of sp³-hybridized carbons (Fsp3) is 0.615. The van der Waals surface area contributed by atoms with Gasteiger partial charge in [-0.15, -0.1) is 0 Å². The molecule has 1 aromatic heterocycles. The summed E-state index contributed by atoms with van der Waals surface area (Å²) < 4.78 is 0. The lowest BCUT2D eigenvalue weighted by Gasteiger charge is -2.37. The van der Waals surface area contributed by atoms with E-state index in [1.54, 1.807) is 0 Å². The minimum absolute atomic E-state index is 0.0318. The molecule has 2 heterocycles. The molecule has 2 rings (SSSR count). The first-order chi connectivity index (χ1) is 7.68. The van der Waals surface area contributed by atoms with Gasteiger partial charge in [-0.1, -0.05) is 6.07 Å². The molecule has 0 amide bonds. The third kappa shape index (κ3) is 3.03. The number of pyridine rings is 1. The van der Waals surface area contributed by atoms with Gasteiger partial charge in [0.25, 0.3) is 0 Å². The first-order valence-electron chi connectivity index (χ1n) is 6.05. The van der Waals surface area contributed by atoms with Crippen LogP contribution >= 0.6 is 0 Å². The van der Waals surface area contributed by atoms with Crippen molar-refractivity contribution in [1.29, 1.82) is 0 Å². The SMILES string of the molecule is CN1CCC(N)(CCc2ccccn2)CC1. The Hall–Kier alpha value is -0.930. The Morgan fingerprint density at radius 2 is 2.12 bits per heavy atom. The van der Waals surface area contributed by atoms with Crippen LogP contribution in [0.4, 0.5) is 0 Å². The molecule has 3 heteroatoms. The minimum Gasteiger partial charge on any atom is -0.325 e. The van der Waals surface area contributed by atoms with E-state index in [1.807, 2.05) is 18.3 Å². The molecule has 1 saturated heterocycles. The quantitative estimate of drug-likeness (QED) is 0.836. The molecule has 0 unspecified atom stereocenters.